The Morgan fingerprint density at radius 3 is 2.56 bits per heavy atom. The minimum atomic E-state index is -3.47. The summed E-state index contributed by atoms with van der Waals surface area (Å²) in [5, 5.41) is 0. The quantitative estimate of drug-likeness (QED) is 0.248. The van der Waals surface area contributed by atoms with Gasteiger partial charge in [0.1, 0.15) is 6.61 Å². The first-order valence-electron chi connectivity index (χ1n) is 2.18. The van der Waals surface area contributed by atoms with Crippen LogP contribution in [0.2, 0.25) is 0 Å². The van der Waals surface area contributed by atoms with Gasteiger partial charge in [0.15, 0.2) is 0 Å². The van der Waals surface area contributed by atoms with Crippen LogP contribution in [0.5, 0.6) is 0 Å². The second-order valence-corrected chi connectivity index (χ2v) is 2.89. The van der Waals surface area contributed by atoms with E-state index in [1.165, 1.54) is 6.08 Å². The Labute approximate surface area is 54.1 Å². The highest BCUT2D eigenvalue weighted by molar-refractivity contribution is 7.85. The summed E-state index contributed by atoms with van der Waals surface area (Å²) in [5.41, 5.74) is 0. The van der Waals surface area contributed by atoms with Crippen LogP contribution in [0.15, 0.2) is 12.7 Å². The Morgan fingerprint density at radius 1 is 1.67 bits per heavy atom. The minimum Gasteiger partial charge on any atom is -0.216 e. The van der Waals surface area contributed by atoms with E-state index in [0.717, 1.165) is 6.26 Å². The van der Waals surface area contributed by atoms with Gasteiger partial charge in [0.2, 0.25) is 0 Å². The molecule has 0 aromatic rings. The van der Waals surface area contributed by atoms with Crippen molar-refractivity contribution in [2.45, 2.75) is 0 Å². The molecule has 0 radical (unpaired) electrons. The van der Waals surface area contributed by atoms with Gasteiger partial charge in [0.05, 0.1) is 6.26 Å². The first kappa shape index (κ1) is 8.61. The maximum absolute atomic E-state index is 10.1. The van der Waals surface area contributed by atoms with Gasteiger partial charge in [0.25, 0.3) is 10.1 Å². The largest absolute Gasteiger partial charge is 0.290 e. The molecular formula is C4H8O4S. The molecule has 0 aliphatic carbocycles. The van der Waals surface area contributed by atoms with Gasteiger partial charge in [-0.25, -0.2) is 4.89 Å². The molecule has 0 aliphatic heterocycles. The zero-order chi connectivity index (χ0) is 7.33. The number of hydrogen-bond donors (Lipinski definition) is 0. The summed E-state index contributed by atoms with van der Waals surface area (Å²) in [6.07, 6.45) is 2.28. The smallest absolute Gasteiger partial charge is 0.216 e. The Morgan fingerprint density at radius 2 is 2.22 bits per heavy atom. The third-order valence-electron chi connectivity index (χ3n) is 0.358. The van der Waals surface area contributed by atoms with Crippen LogP contribution in [0.4, 0.5) is 0 Å². The SMILES string of the molecule is C=CCOOS(C)(=O)=O. The van der Waals surface area contributed by atoms with Crippen LogP contribution >= 0.6 is 0 Å². The first-order valence-corrected chi connectivity index (χ1v) is 4.00. The molecule has 0 aromatic carbocycles. The van der Waals surface area contributed by atoms with Gasteiger partial charge >= 0.3 is 0 Å². The maximum atomic E-state index is 10.1. The summed E-state index contributed by atoms with van der Waals surface area (Å²) in [6.45, 7) is 3.34. The van der Waals surface area contributed by atoms with E-state index >= 15 is 0 Å². The lowest BCUT2D eigenvalue weighted by atomic mass is 10.7. The van der Waals surface area contributed by atoms with E-state index in [0.29, 0.717) is 0 Å². The monoisotopic (exact) mass is 152 g/mol. The van der Waals surface area contributed by atoms with Crippen molar-refractivity contribution in [1.82, 2.24) is 0 Å². The molecule has 0 atom stereocenters. The highest BCUT2D eigenvalue weighted by atomic mass is 32.2. The molecule has 54 valence electrons. The van der Waals surface area contributed by atoms with Crippen molar-refractivity contribution in [2.24, 2.45) is 0 Å². The lowest BCUT2D eigenvalue weighted by Gasteiger charge is -1.94. The van der Waals surface area contributed by atoms with E-state index in [4.69, 9.17) is 0 Å². The van der Waals surface area contributed by atoms with Gasteiger partial charge in [0, 0.05) is 0 Å². The fraction of sp³-hybridized carbons (Fsp3) is 0.500. The zero-order valence-corrected chi connectivity index (χ0v) is 5.85. The summed E-state index contributed by atoms with van der Waals surface area (Å²) >= 11 is 0. The van der Waals surface area contributed by atoms with E-state index in [9.17, 15) is 8.42 Å². The van der Waals surface area contributed by atoms with Gasteiger partial charge in [-0.3, -0.25) is 0 Å². The molecular weight excluding hydrogens is 144 g/mol. The first-order chi connectivity index (χ1) is 4.06. The van der Waals surface area contributed by atoms with E-state index in [1.54, 1.807) is 0 Å². The lowest BCUT2D eigenvalue weighted by molar-refractivity contribution is -0.189. The van der Waals surface area contributed by atoms with Crippen LogP contribution in [0, 0.1) is 0 Å². The molecule has 0 aromatic heterocycles. The van der Waals surface area contributed by atoms with Gasteiger partial charge in [-0.1, -0.05) is 6.08 Å². The Bertz CT molecular complexity index is 169. The maximum Gasteiger partial charge on any atom is 0.290 e. The minimum absolute atomic E-state index is 0.0626. The summed E-state index contributed by atoms with van der Waals surface area (Å²) < 4.78 is 24.1. The molecule has 0 rings (SSSR count). The highest BCUT2D eigenvalue weighted by Crippen LogP contribution is 1.86. The van der Waals surface area contributed by atoms with Crippen LogP contribution in [0.25, 0.3) is 0 Å². The standard InChI is InChI=1S/C4H8O4S/c1-3-4-7-8-9(2,5)6/h3H,1,4H2,2H3. The van der Waals surface area contributed by atoms with E-state index < -0.39 is 10.1 Å². The fourth-order valence-corrected chi connectivity index (χ4v) is 0.394. The molecule has 0 saturated carbocycles. The Kier molecular flexibility index (Phi) is 3.44. The molecule has 0 amide bonds. The summed E-state index contributed by atoms with van der Waals surface area (Å²) in [7, 11) is -3.47. The predicted octanol–water partition coefficient (Wildman–Crippen LogP) is 0.0802. The molecule has 0 saturated heterocycles. The predicted molar refractivity (Wildman–Crippen MR) is 32.1 cm³/mol. The molecule has 0 fully saturated rings. The molecule has 0 bridgehead atoms. The number of rotatable bonds is 4. The van der Waals surface area contributed by atoms with Gasteiger partial charge < -0.3 is 0 Å². The van der Waals surface area contributed by atoms with Gasteiger partial charge in [-0.15, -0.1) is 10.9 Å². The average molecular weight is 152 g/mol. The van der Waals surface area contributed by atoms with E-state index in [1.807, 2.05) is 0 Å². The summed E-state index contributed by atoms with van der Waals surface area (Å²) in [6, 6.07) is 0. The summed E-state index contributed by atoms with van der Waals surface area (Å²) in [4.78, 5) is 4.14. The van der Waals surface area contributed by atoms with Crippen molar-refractivity contribution < 1.29 is 17.6 Å². The van der Waals surface area contributed by atoms with Gasteiger partial charge in [-0.2, -0.15) is 8.42 Å². The zero-order valence-electron chi connectivity index (χ0n) is 5.03. The third kappa shape index (κ3) is 7.61. The second kappa shape index (κ2) is 3.60. The molecule has 0 heterocycles. The van der Waals surface area contributed by atoms with Crippen molar-refractivity contribution >= 4 is 10.1 Å². The molecule has 0 spiro atoms. The molecule has 0 N–H and O–H groups in total. The third-order valence-corrected chi connectivity index (χ3v) is 0.701. The molecule has 0 aliphatic rings. The Hall–Kier alpha value is -0.390. The van der Waals surface area contributed by atoms with Crippen LogP contribution < -0.4 is 0 Å². The van der Waals surface area contributed by atoms with Crippen molar-refractivity contribution in [3.8, 4) is 0 Å². The summed E-state index contributed by atoms with van der Waals surface area (Å²) in [5.74, 6) is 0. The van der Waals surface area contributed by atoms with Crippen LogP contribution in [0.1, 0.15) is 0 Å². The topological polar surface area (TPSA) is 52.6 Å². The molecule has 9 heavy (non-hydrogen) atoms. The second-order valence-electron chi connectivity index (χ2n) is 1.35. The fourth-order valence-electron chi connectivity index (χ4n) is 0.163. The van der Waals surface area contributed by atoms with E-state index in [2.05, 4.69) is 15.8 Å². The van der Waals surface area contributed by atoms with Crippen molar-refractivity contribution in [1.29, 1.82) is 0 Å². The van der Waals surface area contributed by atoms with Crippen LogP contribution in [0.3, 0.4) is 0 Å². The highest BCUT2D eigenvalue weighted by Gasteiger charge is 1.99. The van der Waals surface area contributed by atoms with Crippen LogP contribution in [-0.4, -0.2) is 21.3 Å². The molecule has 0 unspecified atom stereocenters. The molecule has 5 heteroatoms. The van der Waals surface area contributed by atoms with Crippen molar-refractivity contribution in [2.75, 3.05) is 12.9 Å². The van der Waals surface area contributed by atoms with E-state index in [-0.39, 0.29) is 6.61 Å². The van der Waals surface area contributed by atoms with Crippen molar-refractivity contribution in [3.63, 3.8) is 0 Å². The normalized spacial score (nSPS) is 11.2. The lowest BCUT2D eigenvalue weighted by Crippen LogP contribution is -2.03. The van der Waals surface area contributed by atoms with Crippen molar-refractivity contribution in [3.05, 3.63) is 12.7 Å². The van der Waals surface area contributed by atoms with Gasteiger partial charge in [-0.05, 0) is 0 Å². The average Bonchev–Trinajstić information content (AvgIpc) is 1.63. The molecule has 4 nitrogen and oxygen atoms in total. The number of hydrogen-bond acceptors (Lipinski definition) is 4. The Balaban J connectivity index is 3.40. The van der Waals surface area contributed by atoms with Crippen LogP contribution in [-0.2, 0) is 19.3 Å².